The van der Waals surface area contributed by atoms with Gasteiger partial charge in [0.15, 0.2) is 0 Å². The lowest BCUT2D eigenvalue weighted by atomic mass is 10.0. The second-order valence-corrected chi connectivity index (χ2v) is 11.5. The van der Waals surface area contributed by atoms with Gasteiger partial charge in [0.25, 0.3) is 0 Å². The second-order valence-electron chi connectivity index (χ2n) is 9.60. The predicted octanol–water partition coefficient (Wildman–Crippen LogP) is 2.24. The van der Waals surface area contributed by atoms with Gasteiger partial charge in [0.05, 0.1) is 11.5 Å². The van der Waals surface area contributed by atoms with Crippen LogP contribution in [0.2, 0.25) is 0 Å². The van der Waals surface area contributed by atoms with Crippen LogP contribution in [-0.2, 0) is 42.0 Å². The first kappa shape index (κ1) is 29.8. The number of amides is 1. The molecule has 0 radical (unpaired) electrons. The van der Waals surface area contributed by atoms with Crippen LogP contribution >= 0.6 is 0 Å². The van der Waals surface area contributed by atoms with Gasteiger partial charge in [-0.2, -0.15) is 4.31 Å². The Hall–Kier alpha value is -4.13. The molecule has 1 amide bonds. The van der Waals surface area contributed by atoms with Gasteiger partial charge >= 0.3 is 5.97 Å². The molecular formula is C29H32N4O7S. The number of hydrogen-bond donors (Lipinski definition) is 3. The number of aliphatic carboxylic acids is 1. The van der Waals surface area contributed by atoms with E-state index < -0.39 is 34.0 Å². The zero-order valence-electron chi connectivity index (χ0n) is 22.3. The first-order valence-electron chi connectivity index (χ1n) is 13.2. The summed E-state index contributed by atoms with van der Waals surface area (Å²) >= 11 is 0. The molecule has 12 heteroatoms. The van der Waals surface area contributed by atoms with Gasteiger partial charge in [-0.3, -0.25) is 9.59 Å². The lowest BCUT2D eigenvalue weighted by molar-refractivity contribution is -0.142. The van der Waals surface area contributed by atoms with Crippen LogP contribution in [0.4, 0.5) is 5.82 Å². The highest BCUT2D eigenvalue weighted by atomic mass is 32.2. The molecule has 0 saturated carbocycles. The van der Waals surface area contributed by atoms with E-state index in [1.165, 1.54) is 12.1 Å². The number of carbonyl (C=O) groups excluding carboxylic acids is 2. The van der Waals surface area contributed by atoms with E-state index in [-0.39, 0.29) is 36.9 Å². The number of ether oxygens (including phenoxy) is 1. The number of nitrogens with one attached hydrogen (secondary N) is 2. The Kier molecular flexibility index (Phi) is 10.2. The Morgan fingerprint density at radius 2 is 1.71 bits per heavy atom. The number of aromatic nitrogens is 1. The largest absolute Gasteiger partial charge is 0.480 e. The third-order valence-corrected chi connectivity index (χ3v) is 8.42. The molecule has 41 heavy (non-hydrogen) atoms. The summed E-state index contributed by atoms with van der Waals surface area (Å²) < 4.78 is 32.2. The third-order valence-electron chi connectivity index (χ3n) is 6.58. The molecule has 3 N–H and O–H groups in total. The molecule has 1 fully saturated rings. The minimum Gasteiger partial charge on any atom is -0.480 e. The van der Waals surface area contributed by atoms with E-state index >= 15 is 0 Å². The molecule has 216 valence electrons. The lowest BCUT2D eigenvalue weighted by Gasteiger charge is -2.23. The highest BCUT2D eigenvalue weighted by Gasteiger charge is 2.41. The summed E-state index contributed by atoms with van der Waals surface area (Å²) in [6, 6.07) is 17.7. The average Bonchev–Trinajstić information content (AvgIpc) is 3.48. The van der Waals surface area contributed by atoms with Crippen molar-refractivity contribution in [1.29, 1.82) is 0 Å². The molecule has 0 aliphatic carbocycles. The summed E-state index contributed by atoms with van der Waals surface area (Å²) in [5.41, 5.74) is 1.45. The molecule has 2 aromatic carbocycles. The molecule has 0 unspecified atom stereocenters. The molecule has 1 aliphatic rings. The van der Waals surface area contributed by atoms with Crippen molar-refractivity contribution in [2.75, 3.05) is 25.2 Å². The zero-order valence-corrected chi connectivity index (χ0v) is 23.1. The monoisotopic (exact) mass is 580 g/mol. The zero-order chi connectivity index (χ0) is 29.2. The number of nitrogens with zero attached hydrogens (tertiary/aromatic N) is 2. The summed E-state index contributed by atoms with van der Waals surface area (Å²) in [5, 5.41) is 15.4. The Morgan fingerprint density at radius 3 is 2.39 bits per heavy atom. The number of benzene rings is 2. The van der Waals surface area contributed by atoms with Crippen molar-refractivity contribution in [3.8, 4) is 0 Å². The number of carbonyl (C=O) groups is 3. The number of ketones is 1. The van der Waals surface area contributed by atoms with Crippen molar-refractivity contribution in [3.05, 3.63) is 90.1 Å². The van der Waals surface area contributed by atoms with E-state index in [0.29, 0.717) is 24.9 Å². The fraction of sp³-hybridized carbons (Fsp3) is 0.310. The van der Waals surface area contributed by atoms with E-state index in [4.69, 9.17) is 4.74 Å². The van der Waals surface area contributed by atoms with Crippen LogP contribution in [0.5, 0.6) is 0 Å². The number of carboxylic acids is 1. The van der Waals surface area contributed by atoms with Gasteiger partial charge in [-0.25, -0.2) is 18.2 Å². The molecule has 1 saturated heterocycles. The molecule has 1 aromatic heterocycles. The predicted molar refractivity (Wildman–Crippen MR) is 150 cm³/mol. The molecule has 0 bridgehead atoms. The maximum Gasteiger partial charge on any atom is 0.326 e. The van der Waals surface area contributed by atoms with Gasteiger partial charge in [0.2, 0.25) is 15.9 Å². The average molecular weight is 581 g/mol. The van der Waals surface area contributed by atoms with Crippen LogP contribution in [-0.4, -0.2) is 72.4 Å². The van der Waals surface area contributed by atoms with Gasteiger partial charge in [-0.1, -0.05) is 48.5 Å². The highest BCUT2D eigenvalue weighted by Crippen LogP contribution is 2.22. The molecule has 4 rings (SSSR count). The van der Waals surface area contributed by atoms with Crippen molar-refractivity contribution in [2.24, 2.45) is 0 Å². The Balaban J connectivity index is 1.29. The van der Waals surface area contributed by atoms with Gasteiger partial charge in [0.1, 0.15) is 30.4 Å². The summed E-state index contributed by atoms with van der Waals surface area (Å²) in [7, 11) is -4.02. The fourth-order valence-electron chi connectivity index (χ4n) is 4.38. The number of Topliss-reactive ketones (excluding diaryl/α,β-unsaturated/α-hetero) is 1. The molecule has 1 aliphatic heterocycles. The molecule has 0 spiro atoms. The number of anilines is 1. The normalized spacial score (nSPS) is 16.1. The van der Waals surface area contributed by atoms with E-state index in [1.807, 2.05) is 18.2 Å². The topological polar surface area (TPSA) is 155 Å². The summed E-state index contributed by atoms with van der Waals surface area (Å²) in [6.45, 7) is 0.132. The van der Waals surface area contributed by atoms with E-state index in [0.717, 1.165) is 15.7 Å². The van der Waals surface area contributed by atoms with Gasteiger partial charge < -0.3 is 20.5 Å². The summed E-state index contributed by atoms with van der Waals surface area (Å²) in [5.74, 6) is -1.16. The number of rotatable bonds is 14. The molecular weight excluding hydrogens is 548 g/mol. The van der Waals surface area contributed by atoms with E-state index in [2.05, 4.69) is 15.6 Å². The second kappa shape index (κ2) is 14.0. The van der Waals surface area contributed by atoms with Crippen molar-refractivity contribution in [3.63, 3.8) is 0 Å². The number of carboxylic acid groups (broad SMARTS) is 1. The first-order valence-corrected chi connectivity index (χ1v) is 14.6. The quantitative estimate of drug-likeness (QED) is 0.244. The SMILES string of the molecule is O=C(CCCNc1ccccn1)Cc1ccc(C[C@H](NC(=O)[C@@H]2COCN2S(=O)(=O)c2ccccc2)C(=O)O)cc1. The van der Waals surface area contributed by atoms with Crippen LogP contribution in [0.25, 0.3) is 0 Å². The van der Waals surface area contributed by atoms with Crippen molar-refractivity contribution in [1.82, 2.24) is 14.6 Å². The van der Waals surface area contributed by atoms with E-state index in [9.17, 15) is 27.9 Å². The molecule has 3 aromatic rings. The van der Waals surface area contributed by atoms with Crippen LogP contribution < -0.4 is 10.6 Å². The number of sulfonamides is 1. The van der Waals surface area contributed by atoms with Crippen LogP contribution in [0.15, 0.2) is 83.9 Å². The third kappa shape index (κ3) is 8.19. The Labute approximate surface area is 238 Å². The standard InChI is InChI=1S/C29H32N4O7S/c34-23(7-6-16-31-27-10-4-5-15-30-27)17-21-11-13-22(14-12-21)18-25(29(36)37)32-28(35)26-19-40-20-33(26)41(38,39)24-8-2-1-3-9-24/h1-5,8-15,25-26H,6-7,16-20H2,(H,30,31)(H,32,35)(H,36,37)/t25-,26-/m0/s1. The molecule has 2 heterocycles. The van der Waals surface area contributed by atoms with Crippen molar-refractivity contribution < 1.29 is 32.6 Å². The van der Waals surface area contributed by atoms with Crippen LogP contribution in [0.1, 0.15) is 24.0 Å². The minimum atomic E-state index is -4.02. The molecule has 2 atom stereocenters. The Bertz CT molecular complexity index is 1440. The Morgan fingerprint density at radius 1 is 1.00 bits per heavy atom. The summed E-state index contributed by atoms with van der Waals surface area (Å²) in [4.78, 5) is 41.5. The van der Waals surface area contributed by atoms with Gasteiger partial charge in [-0.15, -0.1) is 0 Å². The van der Waals surface area contributed by atoms with Crippen LogP contribution in [0.3, 0.4) is 0 Å². The lowest BCUT2D eigenvalue weighted by Crippen LogP contribution is -2.52. The first-order chi connectivity index (χ1) is 19.7. The molecule has 11 nitrogen and oxygen atoms in total. The van der Waals surface area contributed by atoms with Crippen molar-refractivity contribution in [2.45, 2.75) is 42.7 Å². The van der Waals surface area contributed by atoms with Crippen molar-refractivity contribution >= 4 is 33.5 Å². The maximum absolute atomic E-state index is 13.0. The summed E-state index contributed by atoms with van der Waals surface area (Å²) in [6.07, 6.45) is 3.02. The number of pyridine rings is 1. The smallest absolute Gasteiger partial charge is 0.326 e. The highest BCUT2D eigenvalue weighted by molar-refractivity contribution is 7.89. The van der Waals surface area contributed by atoms with Gasteiger partial charge in [0, 0.05) is 32.0 Å². The maximum atomic E-state index is 13.0. The van der Waals surface area contributed by atoms with Gasteiger partial charge in [-0.05, 0) is 41.8 Å². The van der Waals surface area contributed by atoms with E-state index in [1.54, 1.807) is 48.7 Å². The number of hydrogen-bond acceptors (Lipinski definition) is 8. The fourth-order valence-corrected chi connectivity index (χ4v) is 5.86. The minimum absolute atomic E-state index is 0.0119. The van der Waals surface area contributed by atoms with Crippen LogP contribution in [0, 0.1) is 0 Å².